The van der Waals surface area contributed by atoms with E-state index < -0.39 is 12.1 Å². The third-order valence-corrected chi connectivity index (χ3v) is 3.44. The lowest BCUT2D eigenvalue weighted by Crippen LogP contribution is -2.13. The van der Waals surface area contributed by atoms with Gasteiger partial charge in [-0.1, -0.05) is 22.0 Å². The molecule has 0 saturated heterocycles. The van der Waals surface area contributed by atoms with Crippen LogP contribution >= 0.6 is 38.5 Å². The molecule has 0 aliphatic heterocycles. The molecule has 16 heavy (non-hydrogen) atoms. The number of aryl methyl sites for hydroxylation is 1. The van der Waals surface area contributed by atoms with Crippen LogP contribution in [0.2, 0.25) is 0 Å². The molecule has 2 N–H and O–H groups in total. The average Bonchev–Trinajstić information content (AvgIpc) is 2.25. The van der Waals surface area contributed by atoms with E-state index >= 15 is 0 Å². The smallest absolute Gasteiger partial charge is 0.337 e. The SMILES string of the molecule is O=C(O)C(O)c1ccc(I)cc1CCCBr. The number of halogens is 2. The van der Waals surface area contributed by atoms with Crippen molar-refractivity contribution in [3.8, 4) is 0 Å². The number of hydrogen-bond donors (Lipinski definition) is 2. The lowest BCUT2D eigenvalue weighted by Gasteiger charge is -2.12. The zero-order chi connectivity index (χ0) is 12.1. The summed E-state index contributed by atoms with van der Waals surface area (Å²) in [6.45, 7) is 0. The Morgan fingerprint density at radius 2 is 2.19 bits per heavy atom. The van der Waals surface area contributed by atoms with Gasteiger partial charge in [0.2, 0.25) is 0 Å². The van der Waals surface area contributed by atoms with Crippen LogP contribution in [0.1, 0.15) is 23.7 Å². The first-order valence-corrected chi connectivity index (χ1v) is 7.01. The number of hydrogen-bond acceptors (Lipinski definition) is 2. The summed E-state index contributed by atoms with van der Waals surface area (Å²) in [5.74, 6) is -1.21. The van der Waals surface area contributed by atoms with Gasteiger partial charge >= 0.3 is 5.97 Å². The normalized spacial score (nSPS) is 12.4. The van der Waals surface area contributed by atoms with Gasteiger partial charge in [-0.25, -0.2) is 4.79 Å². The van der Waals surface area contributed by atoms with E-state index in [-0.39, 0.29) is 0 Å². The third kappa shape index (κ3) is 3.71. The monoisotopic (exact) mass is 398 g/mol. The van der Waals surface area contributed by atoms with Gasteiger partial charge in [-0.3, -0.25) is 0 Å². The molecule has 0 aromatic heterocycles. The topological polar surface area (TPSA) is 57.5 Å². The Hall–Kier alpha value is -0.140. The number of carboxylic acid groups (broad SMARTS) is 1. The number of rotatable bonds is 5. The van der Waals surface area contributed by atoms with Gasteiger partial charge in [-0.15, -0.1) is 0 Å². The van der Waals surface area contributed by atoms with Crippen LogP contribution < -0.4 is 0 Å². The summed E-state index contributed by atoms with van der Waals surface area (Å²) in [5.41, 5.74) is 1.40. The number of alkyl halides is 1. The third-order valence-electron chi connectivity index (χ3n) is 2.21. The summed E-state index contributed by atoms with van der Waals surface area (Å²) in [7, 11) is 0. The van der Waals surface area contributed by atoms with Crippen molar-refractivity contribution < 1.29 is 15.0 Å². The Morgan fingerprint density at radius 1 is 1.50 bits per heavy atom. The largest absolute Gasteiger partial charge is 0.479 e. The molecular weight excluding hydrogens is 387 g/mol. The molecular formula is C11H12BrIO3. The summed E-state index contributed by atoms with van der Waals surface area (Å²) in [6, 6.07) is 5.41. The van der Waals surface area contributed by atoms with Gasteiger partial charge in [-0.05, 0) is 58.7 Å². The van der Waals surface area contributed by atoms with Crippen LogP contribution in [-0.2, 0) is 11.2 Å². The van der Waals surface area contributed by atoms with E-state index in [1.54, 1.807) is 12.1 Å². The minimum Gasteiger partial charge on any atom is -0.479 e. The fourth-order valence-electron chi connectivity index (χ4n) is 1.45. The second kappa shape index (κ2) is 6.56. The standard InChI is InChI=1S/C11H12BrIO3/c12-5-1-2-7-6-8(13)3-4-9(7)10(14)11(15)16/h3-4,6,10,14H,1-2,5H2,(H,15,16). The predicted molar refractivity (Wildman–Crippen MR) is 73.9 cm³/mol. The second-order valence-electron chi connectivity index (χ2n) is 3.38. The fraction of sp³-hybridized carbons (Fsp3) is 0.364. The van der Waals surface area contributed by atoms with Crippen molar-refractivity contribution in [1.29, 1.82) is 0 Å². The minimum absolute atomic E-state index is 0.494. The molecule has 88 valence electrons. The van der Waals surface area contributed by atoms with Crippen molar-refractivity contribution in [1.82, 2.24) is 0 Å². The molecule has 1 rings (SSSR count). The molecule has 1 aromatic rings. The molecule has 5 heteroatoms. The van der Waals surface area contributed by atoms with Gasteiger partial charge in [0.25, 0.3) is 0 Å². The van der Waals surface area contributed by atoms with Gasteiger partial charge in [0.1, 0.15) is 0 Å². The molecule has 0 saturated carbocycles. The lowest BCUT2D eigenvalue weighted by molar-refractivity contribution is -0.147. The molecule has 0 bridgehead atoms. The second-order valence-corrected chi connectivity index (χ2v) is 5.42. The van der Waals surface area contributed by atoms with E-state index in [1.807, 2.05) is 6.07 Å². The van der Waals surface area contributed by atoms with E-state index in [0.717, 1.165) is 27.3 Å². The molecule has 0 fully saturated rings. The van der Waals surface area contributed by atoms with Crippen molar-refractivity contribution in [2.75, 3.05) is 5.33 Å². The molecule has 1 atom stereocenters. The molecule has 0 radical (unpaired) electrons. The summed E-state index contributed by atoms with van der Waals surface area (Å²) in [5, 5.41) is 19.2. The first kappa shape index (κ1) is 13.9. The number of aliphatic hydroxyl groups is 1. The van der Waals surface area contributed by atoms with Gasteiger partial charge in [0, 0.05) is 8.90 Å². The van der Waals surface area contributed by atoms with E-state index in [0.29, 0.717) is 5.56 Å². The molecule has 0 heterocycles. The molecule has 3 nitrogen and oxygen atoms in total. The van der Waals surface area contributed by atoms with Crippen LogP contribution in [0.5, 0.6) is 0 Å². The predicted octanol–water partition coefficient (Wildman–Crippen LogP) is 2.74. The van der Waals surface area contributed by atoms with Gasteiger partial charge in [0.05, 0.1) is 0 Å². The Labute approximate surface area is 116 Å². The van der Waals surface area contributed by atoms with Crippen LogP contribution in [0, 0.1) is 3.57 Å². The Kier molecular flexibility index (Phi) is 5.71. The zero-order valence-electron chi connectivity index (χ0n) is 8.49. The van der Waals surface area contributed by atoms with Crippen molar-refractivity contribution in [3.63, 3.8) is 0 Å². The highest BCUT2D eigenvalue weighted by Gasteiger charge is 2.19. The number of carbonyl (C=O) groups is 1. The highest BCUT2D eigenvalue weighted by atomic mass is 127. The first-order chi connectivity index (χ1) is 7.56. The van der Waals surface area contributed by atoms with E-state index in [4.69, 9.17) is 5.11 Å². The molecule has 1 unspecified atom stereocenters. The summed E-state index contributed by atoms with van der Waals surface area (Å²) < 4.78 is 1.04. The highest BCUT2D eigenvalue weighted by Crippen LogP contribution is 2.22. The Balaban J connectivity index is 3.01. The van der Waals surface area contributed by atoms with Gasteiger partial charge in [0.15, 0.2) is 6.10 Å². The van der Waals surface area contributed by atoms with Crippen LogP contribution in [0.15, 0.2) is 18.2 Å². The Morgan fingerprint density at radius 3 is 2.75 bits per heavy atom. The van der Waals surface area contributed by atoms with Crippen molar-refractivity contribution >= 4 is 44.5 Å². The van der Waals surface area contributed by atoms with Crippen molar-refractivity contribution in [2.45, 2.75) is 18.9 Å². The lowest BCUT2D eigenvalue weighted by atomic mass is 9.99. The molecule has 1 aromatic carbocycles. The maximum Gasteiger partial charge on any atom is 0.337 e. The van der Waals surface area contributed by atoms with Crippen LogP contribution in [0.25, 0.3) is 0 Å². The van der Waals surface area contributed by atoms with E-state index in [2.05, 4.69) is 38.5 Å². The van der Waals surface area contributed by atoms with Crippen molar-refractivity contribution in [2.24, 2.45) is 0 Å². The maximum atomic E-state index is 10.7. The average molecular weight is 399 g/mol. The van der Waals surface area contributed by atoms with Gasteiger partial charge in [-0.2, -0.15) is 0 Å². The number of aliphatic carboxylic acids is 1. The van der Waals surface area contributed by atoms with Crippen LogP contribution in [0.3, 0.4) is 0 Å². The highest BCUT2D eigenvalue weighted by molar-refractivity contribution is 14.1. The summed E-state index contributed by atoms with van der Waals surface area (Å²) in [6.07, 6.45) is 0.253. The number of aliphatic hydroxyl groups excluding tert-OH is 1. The number of carboxylic acids is 1. The Bertz CT molecular complexity index is 381. The minimum atomic E-state index is -1.43. The summed E-state index contributed by atoms with van der Waals surface area (Å²) in [4.78, 5) is 10.7. The molecule has 0 aliphatic carbocycles. The fourth-order valence-corrected chi connectivity index (χ4v) is 2.28. The zero-order valence-corrected chi connectivity index (χ0v) is 12.2. The quantitative estimate of drug-likeness (QED) is 0.592. The molecule has 0 spiro atoms. The van der Waals surface area contributed by atoms with Gasteiger partial charge < -0.3 is 10.2 Å². The maximum absolute atomic E-state index is 10.7. The van der Waals surface area contributed by atoms with Crippen LogP contribution in [-0.4, -0.2) is 21.5 Å². The first-order valence-electron chi connectivity index (χ1n) is 4.81. The van der Waals surface area contributed by atoms with Crippen LogP contribution in [0.4, 0.5) is 0 Å². The van der Waals surface area contributed by atoms with Crippen molar-refractivity contribution in [3.05, 3.63) is 32.9 Å². The molecule has 0 amide bonds. The molecule has 0 aliphatic rings. The van der Waals surface area contributed by atoms with E-state index in [1.165, 1.54) is 0 Å². The van der Waals surface area contributed by atoms with E-state index in [9.17, 15) is 9.90 Å². The summed E-state index contributed by atoms with van der Waals surface area (Å²) >= 11 is 5.51. The number of benzene rings is 1.